The van der Waals surface area contributed by atoms with Gasteiger partial charge in [-0.15, -0.1) is 0 Å². The molecule has 0 amide bonds. The van der Waals surface area contributed by atoms with Crippen LogP contribution in [0.4, 0.5) is 0 Å². The fraction of sp³-hybridized carbons (Fsp3) is 1.00. The van der Waals surface area contributed by atoms with E-state index in [4.69, 9.17) is 35.4 Å². The molecule has 2 N–H and O–H groups in total. The van der Waals surface area contributed by atoms with Crippen LogP contribution in [0.5, 0.6) is 0 Å². The monoisotopic (exact) mass is 238 g/mol. The van der Waals surface area contributed by atoms with E-state index in [2.05, 4.69) is 6.92 Å². The summed E-state index contributed by atoms with van der Waals surface area (Å²) < 4.78 is 9.59. The maximum Gasteiger partial charge on any atom is 0.0807 e. The molecule has 7 heteroatoms. The van der Waals surface area contributed by atoms with Gasteiger partial charge in [-0.05, 0) is 6.42 Å². The van der Waals surface area contributed by atoms with Crippen molar-refractivity contribution in [2.24, 2.45) is 0 Å². The highest BCUT2D eigenvalue weighted by Gasteiger charge is 2.18. The zero-order chi connectivity index (χ0) is 12.4. The normalized spacial score (nSPS) is 25.1. The van der Waals surface area contributed by atoms with E-state index in [1.807, 2.05) is 0 Å². The van der Waals surface area contributed by atoms with Crippen molar-refractivity contribution >= 4 is 24.1 Å². The number of hydrogen-bond acceptors (Lipinski definition) is 4. The van der Waals surface area contributed by atoms with Crippen molar-refractivity contribution in [2.75, 3.05) is 19.8 Å². The van der Waals surface area contributed by atoms with Crippen molar-refractivity contribution in [3.63, 3.8) is 0 Å². The fourth-order valence-electron chi connectivity index (χ4n) is 0.582. The summed E-state index contributed by atoms with van der Waals surface area (Å²) in [5.74, 6) is 0. The zero-order valence-electron chi connectivity index (χ0n) is 10.5. The number of epoxide rings is 2. The van der Waals surface area contributed by atoms with Crippen LogP contribution >= 0.6 is 0 Å². The van der Waals surface area contributed by atoms with Gasteiger partial charge in [-0.3, -0.25) is 0 Å². The van der Waals surface area contributed by atoms with E-state index in [1.54, 1.807) is 0 Å². The average molecular weight is 238 g/mol. The van der Waals surface area contributed by atoms with Gasteiger partial charge in [0.25, 0.3) is 0 Å². The van der Waals surface area contributed by atoms with Gasteiger partial charge in [0, 0.05) is 8.41 Å². The van der Waals surface area contributed by atoms with Gasteiger partial charge in [0.15, 0.2) is 0 Å². The molecule has 0 saturated carbocycles. The Kier molecular flexibility index (Phi) is 14.2. The Hall–Kier alpha value is 0.0348. The van der Waals surface area contributed by atoms with Gasteiger partial charge in [0.05, 0.1) is 53.8 Å². The second-order valence-corrected chi connectivity index (χ2v) is 3.63. The van der Waals surface area contributed by atoms with E-state index in [0.717, 1.165) is 13.2 Å². The molecular formula is C10H21B3O4. The number of hydrogen-bond donors (Lipinski definition) is 2. The minimum atomic E-state index is -0.731. The molecule has 0 aliphatic carbocycles. The van der Waals surface area contributed by atoms with Crippen molar-refractivity contribution in [3.8, 4) is 0 Å². The molecule has 94 valence electrons. The molecule has 2 aliphatic rings. The summed E-state index contributed by atoms with van der Waals surface area (Å²) >= 11 is 0. The summed E-state index contributed by atoms with van der Waals surface area (Å²) in [6, 6.07) is 0. The second kappa shape index (κ2) is 12.5. The summed E-state index contributed by atoms with van der Waals surface area (Å²) in [4.78, 5) is 0. The zero-order valence-corrected chi connectivity index (χ0v) is 10.5. The van der Waals surface area contributed by atoms with Gasteiger partial charge in [-0.2, -0.15) is 0 Å². The highest BCUT2D eigenvalue weighted by atomic mass is 16.6. The third kappa shape index (κ3) is 16.0. The van der Waals surface area contributed by atoms with Crippen LogP contribution in [0.2, 0.25) is 12.6 Å². The second-order valence-electron chi connectivity index (χ2n) is 3.63. The van der Waals surface area contributed by atoms with Crippen LogP contribution in [0.1, 0.15) is 13.3 Å². The van der Waals surface area contributed by atoms with Crippen molar-refractivity contribution in [3.05, 3.63) is 0 Å². The fourth-order valence-corrected chi connectivity index (χ4v) is 0.582. The number of aliphatic hydroxyl groups excluding tert-OH is 2. The first-order valence-electron chi connectivity index (χ1n) is 5.60. The Labute approximate surface area is 108 Å². The third-order valence-corrected chi connectivity index (χ3v) is 2.01. The van der Waals surface area contributed by atoms with E-state index in [-0.39, 0.29) is 21.3 Å². The lowest BCUT2D eigenvalue weighted by molar-refractivity contribution is 0.110. The van der Waals surface area contributed by atoms with Gasteiger partial charge in [0.2, 0.25) is 0 Å². The molecule has 17 heavy (non-hydrogen) atoms. The summed E-state index contributed by atoms with van der Waals surface area (Å²) in [6.45, 7) is 3.79. The number of rotatable bonds is 4. The van der Waals surface area contributed by atoms with Crippen LogP contribution in [0.3, 0.4) is 0 Å². The first-order valence-corrected chi connectivity index (χ1v) is 5.60. The lowest BCUT2D eigenvalue weighted by Gasteiger charge is -1.97. The van der Waals surface area contributed by atoms with Crippen LogP contribution in [-0.4, -0.2) is 72.5 Å². The molecule has 4 nitrogen and oxygen atoms in total. The van der Waals surface area contributed by atoms with Crippen molar-refractivity contribution in [2.45, 2.75) is 44.3 Å². The molecule has 0 aromatic carbocycles. The van der Waals surface area contributed by atoms with E-state index >= 15 is 0 Å². The van der Waals surface area contributed by atoms with Crippen LogP contribution < -0.4 is 0 Å². The van der Waals surface area contributed by atoms with Crippen molar-refractivity contribution in [1.82, 2.24) is 0 Å². The smallest absolute Gasteiger partial charge is 0.0807 e. The Balaban J connectivity index is 0. The van der Waals surface area contributed by atoms with E-state index < -0.39 is 6.10 Å². The molecule has 0 aromatic rings. The van der Waals surface area contributed by atoms with E-state index in [0.29, 0.717) is 18.5 Å². The highest BCUT2D eigenvalue weighted by molar-refractivity contribution is 6.09. The Morgan fingerprint density at radius 1 is 1.24 bits per heavy atom. The minimum absolute atomic E-state index is 0. The molecule has 2 heterocycles. The first kappa shape index (κ1) is 19.4. The van der Waals surface area contributed by atoms with Gasteiger partial charge < -0.3 is 19.7 Å². The van der Waals surface area contributed by atoms with Crippen molar-refractivity contribution in [1.29, 1.82) is 0 Å². The predicted octanol–water partition coefficient (Wildman–Crippen LogP) is -0.955. The summed E-state index contributed by atoms with van der Waals surface area (Å²) in [6.07, 6.45) is 2.34. The number of ether oxygens (including phenoxy) is 2. The van der Waals surface area contributed by atoms with Gasteiger partial charge in [-0.1, -0.05) is 19.6 Å². The maximum atomic E-state index is 8.29. The third-order valence-electron chi connectivity index (χ3n) is 2.01. The first-order chi connectivity index (χ1) is 7.67. The molecule has 2 saturated heterocycles. The molecule has 0 spiro atoms. The summed E-state index contributed by atoms with van der Waals surface area (Å²) in [5.41, 5.74) is 0. The molecular weight excluding hydrogens is 217 g/mol. The van der Waals surface area contributed by atoms with Gasteiger partial charge in [0.1, 0.15) is 0 Å². The lowest BCUT2D eigenvalue weighted by Crippen LogP contribution is -2.09. The quantitative estimate of drug-likeness (QED) is 0.489. The Bertz CT molecular complexity index is 138. The van der Waals surface area contributed by atoms with Crippen LogP contribution in [0.25, 0.3) is 0 Å². The maximum absolute atomic E-state index is 8.29. The van der Waals surface area contributed by atoms with Crippen LogP contribution in [-0.2, 0) is 9.47 Å². The molecule has 3 atom stereocenters. The molecule has 0 bridgehead atoms. The van der Waals surface area contributed by atoms with Crippen molar-refractivity contribution < 1.29 is 19.7 Å². The molecule has 2 fully saturated rings. The topological polar surface area (TPSA) is 65.5 Å². The van der Waals surface area contributed by atoms with Gasteiger partial charge >= 0.3 is 0 Å². The lowest BCUT2D eigenvalue weighted by atomic mass is 10.0. The predicted molar refractivity (Wildman–Crippen MR) is 71.1 cm³/mol. The number of aliphatic hydroxyl groups is 2. The summed E-state index contributed by atoms with van der Waals surface area (Å²) in [7, 11) is 9.98. The summed E-state index contributed by atoms with van der Waals surface area (Å²) in [5, 5.41) is 16.3. The molecule has 3 unspecified atom stereocenters. The average Bonchev–Trinajstić information content (AvgIpc) is 3.23. The standard InChI is InChI=1S/C4H8O.C3H7BO2.C3H5BO.BH/c1-2-4-3-5-4;4-1-3(6)2-5;4-1-3-2-5-3;/h4H,2-3H2,1H3;3,5-6H,1-2H2;3H,1-2H2;1H. The minimum Gasteiger partial charge on any atom is -0.394 e. The molecule has 0 aromatic heterocycles. The molecule has 2 rings (SSSR count). The van der Waals surface area contributed by atoms with E-state index in [9.17, 15) is 0 Å². The van der Waals surface area contributed by atoms with Gasteiger partial charge in [-0.25, -0.2) is 0 Å². The SMILES string of the molecule is CCC1CO1.[BH].[B]CC(O)CO.[B]CC1CO1. The largest absolute Gasteiger partial charge is 0.394 e. The molecule has 6 radical (unpaired) electrons. The molecule has 2 aliphatic heterocycles. The van der Waals surface area contributed by atoms with E-state index in [1.165, 1.54) is 6.42 Å². The van der Waals surface area contributed by atoms with Crippen LogP contribution in [0, 0.1) is 0 Å². The van der Waals surface area contributed by atoms with Crippen LogP contribution in [0.15, 0.2) is 0 Å². The Morgan fingerprint density at radius 3 is 1.71 bits per heavy atom. The Morgan fingerprint density at radius 2 is 1.71 bits per heavy atom. The highest BCUT2D eigenvalue weighted by Crippen LogP contribution is 2.11.